The molecule has 1 saturated heterocycles. The highest BCUT2D eigenvalue weighted by atomic mass is 19.4. The van der Waals surface area contributed by atoms with Crippen LogP contribution in [-0.2, 0) is 20.5 Å². The Morgan fingerprint density at radius 1 is 1.41 bits per heavy atom. The Bertz CT molecular complexity index is 788. The molecule has 0 radical (unpaired) electrons. The number of ether oxygens (including phenoxy) is 1. The Labute approximate surface area is 166 Å². The number of hydrogen-bond acceptors (Lipinski definition) is 5. The van der Waals surface area contributed by atoms with Gasteiger partial charge in [-0.15, -0.1) is 0 Å². The van der Waals surface area contributed by atoms with Gasteiger partial charge < -0.3 is 21.1 Å². The van der Waals surface area contributed by atoms with Crippen molar-refractivity contribution in [1.82, 2.24) is 10.2 Å². The van der Waals surface area contributed by atoms with Gasteiger partial charge in [0, 0.05) is 43.4 Å². The number of fused-ring (bicyclic) bond motifs is 1. The van der Waals surface area contributed by atoms with Crippen molar-refractivity contribution in [2.45, 2.75) is 24.7 Å². The number of halogens is 3. The molecule has 3 rings (SSSR count). The summed E-state index contributed by atoms with van der Waals surface area (Å²) in [7, 11) is 1.63. The highest BCUT2D eigenvalue weighted by Gasteiger charge is 2.70. The molecule has 2 fully saturated rings. The molecule has 10 heteroatoms. The van der Waals surface area contributed by atoms with Crippen LogP contribution in [0.2, 0.25) is 0 Å². The van der Waals surface area contributed by atoms with Crippen molar-refractivity contribution in [1.29, 1.82) is 0 Å². The van der Waals surface area contributed by atoms with Crippen LogP contribution in [0.4, 0.5) is 18.9 Å². The first kappa shape index (κ1) is 21.5. The van der Waals surface area contributed by atoms with Crippen LogP contribution in [0.25, 0.3) is 0 Å². The number of amides is 2. The predicted octanol–water partition coefficient (Wildman–Crippen LogP) is 1.05. The van der Waals surface area contributed by atoms with E-state index in [1.807, 2.05) is 6.92 Å². The standard InChI is InChI=1S/C19H25F3N4O3/c1-11(9-29-2)26-8-14-16(18(14,23)10-26)17(28)24-7-15(27)25-13-5-3-4-12(6-13)19(20,21)22/h3-6,11,14,16H,7-10,23H2,1-2H3,(H,24,28)(H,25,27)/t11?,14-,16?,18+/m0/s1. The molecule has 7 nitrogen and oxygen atoms in total. The smallest absolute Gasteiger partial charge is 0.383 e. The van der Waals surface area contributed by atoms with Crippen LogP contribution in [-0.4, -0.2) is 61.6 Å². The van der Waals surface area contributed by atoms with E-state index >= 15 is 0 Å². The van der Waals surface area contributed by atoms with Gasteiger partial charge in [-0.05, 0) is 25.1 Å². The second-order valence-corrected chi connectivity index (χ2v) is 7.77. The van der Waals surface area contributed by atoms with Crippen molar-refractivity contribution in [2.24, 2.45) is 17.6 Å². The third kappa shape index (κ3) is 4.54. The van der Waals surface area contributed by atoms with Crippen molar-refractivity contribution in [3.8, 4) is 0 Å². The number of nitrogens with two attached hydrogens (primary N) is 1. The number of likely N-dealkylation sites (tertiary alicyclic amines) is 1. The quantitative estimate of drug-likeness (QED) is 0.620. The van der Waals surface area contributed by atoms with E-state index in [1.165, 1.54) is 12.1 Å². The topological polar surface area (TPSA) is 96.7 Å². The zero-order chi connectivity index (χ0) is 21.4. The Morgan fingerprint density at radius 3 is 2.72 bits per heavy atom. The van der Waals surface area contributed by atoms with Crippen molar-refractivity contribution in [2.75, 3.05) is 38.7 Å². The first-order valence-corrected chi connectivity index (χ1v) is 9.33. The second kappa shape index (κ2) is 7.92. The molecule has 1 saturated carbocycles. The minimum atomic E-state index is -4.50. The van der Waals surface area contributed by atoms with Gasteiger partial charge in [-0.2, -0.15) is 13.2 Å². The Balaban J connectivity index is 1.47. The van der Waals surface area contributed by atoms with Crippen molar-refractivity contribution < 1.29 is 27.5 Å². The van der Waals surface area contributed by atoms with E-state index in [4.69, 9.17) is 10.5 Å². The summed E-state index contributed by atoms with van der Waals surface area (Å²) in [5.41, 5.74) is 4.91. The number of alkyl halides is 3. The molecule has 1 aliphatic carbocycles. The minimum absolute atomic E-state index is 0.0143. The highest BCUT2D eigenvalue weighted by molar-refractivity contribution is 5.95. The zero-order valence-corrected chi connectivity index (χ0v) is 16.3. The molecule has 4 atom stereocenters. The summed E-state index contributed by atoms with van der Waals surface area (Å²) < 4.78 is 43.3. The maximum absolute atomic E-state index is 12.7. The number of rotatable bonds is 7. The maximum atomic E-state index is 12.7. The fourth-order valence-electron chi connectivity index (χ4n) is 4.07. The second-order valence-electron chi connectivity index (χ2n) is 7.77. The summed E-state index contributed by atoms with van der Waals surface area (Å²) in [6.45, 7) is 3.55. The third-order valence-electron chi connectivity index (χ3n) is 5.68. The summed E-state index contributed by atoms with van der Waals surface area (Å²) in [4.78, 5) is 26.6. The summed E-state index contributed by atoms with van der Waals surface area (Å²) in [5, 5.41) is 4.89. The lowest BCUT2D eigenvalue weighted by Gasteiger charge is -2.27. The molecule has 1 heterocycles. The third-order valence-corrected chi connectivity index (χ3v) is 5.68. The van der Waals surface area contributed by atoms with Crippen LogP contribution in [0.5, 0.6) is 0 Å². The van der Waals surface area contributed by atoms with Crippen molar-refractivity contribution in [3.63, 3.8) is 0 Å². The first-order valence-electron chi connectivity index (χ1n) is 9.33. The van der Waals surface area contributed by atoms with Gasteiger partial charge in [-0.25, -0.2) is 0 Å². The molecule has 1 aromatic carbocycles. The minimum Gasteiger partial charge on any atom is -0.383 e. The monoisotopic (exact) mass is 414 g/mol. The number of anilines is 1. The largest absolute Gasteiger partial charge is 0.416 e. The van der Waals surface area contributed by atoms with E-state index in [9.17, 15) is 22.8 Å². The molecule has 4 N–H and O–H groups in total. The zero-order valence-electron chi connectivity index (χ0n) is 16.3. The number of nitrogens with zero attached hydrogens (tertiary/aromatic N) is 1. The molecule has 1 aliphatic heterocycles. The van der Waals surface area contributed by atoms with Gasteiger partial charge in [-0.3, -0.25) is 14.5 Å². The van der Waals surface area contributed by atoms with Gasteiger partial charge in [0.15, 0.2) is 0 Å². The lowest BCUT2D eigenvalue weighted by molar-refractivity contribution is -0.137. The molecule has 0 spiro atoms. The van der Waals surface area contributed by atoms with Crippen LogP contribution in [0.1, 0.15) is 12.5 Å². The van der Waals surface area contributed by atoms with E-state index in [0.29, 0.717) is 19.7 Å². The Kier molecular flexibility index (Phi) is 5.88. The van der Waals surface area contributed by atoms with Crippen molar-refractivity contribution in [3.05, 3.63) is 29.8 Å². The number of piperidine rings is 1. The Morgan fingerprint density at radius 2 is 2.14 bits per heavy atom. The number of carbonyl (C=O) groups excluding carboxylic acids is 2. The van der Waals surface area contributed by atoms with E-state index in [1.54, 1.807) is 7.11 Å². The van der Waals surface area contributed by atoms with Crippen LogP contribution >= 0.6 is 0 Å². The predicted molar refractivity (Wildman–Crippen MR) is 99.9 cm³/mol. The van der Waals surface area contributed by atoms with Gasteiger partial charge >= 0.3 is 6.18 Å². The fraction of sp³-hybridized carbons (Fsp3) is 0.579. The lowest BCUT2D eigenvalue weighted by atomic mass is 10.1. The molecule has 160 valence electrons. The number of benzene rings is 1. The van der Waals surface area contributed by atoms with Gasteiger partial charge in [0.2, 0.25) is 11.8 Å². The summed E-state index contributed by atoms with van der Waals surface area (Å²) in [5.74, 6) is -1.26. The summed E-state index contributed by atoms with van der Waals surface area (Å²) in [6.07, 6.45) is -4.50. The van der Waals surface area contributed by atoms with E-state index < -0.39 is 23.2 Å². The van der Waals surface area contributed by atoms with Crippen LogP contribution in [0.15, 0.2) is 24.3 Å². The molecular weight excluding hydrogens is 389 g/mol. The van der Waals surface area contributed by atoms with Gasteiger partial charge in [0.25, 0.3) is 0 Å². The van der Waals surface area contributed by atoms with Gasteiger partial charge in [0.05, 0.1) is 24.6 Å². The Hall–Kier alpha value is -2.17. The molecular formula is C19H25F3N4O3. The number of nitrogens with one attached hydrogen (secondary N) is 2. The number of hydrogen-bond donors (Lipinski definition) is 3. The van der Waals surface area contributed by atoms with Gasteiger partial charge in [-0.1, -0.05) is 6.07 Å². The molecule has 0 bridgehead atoms. The van der Waals surface area contributed by atoms with Crippen LogP contribution in [0.3, 0.4) is 0 Å². The lowest BCUT2D eigenvalue weighted by Crippen LogP contribution is -2.45. The SMILES string of the molecule is COCC(C)N1C[C@H]2C(C(=O)NCC(=O)Nc3cccc(C(F)(F)F)c3)[C@@]2(N)C1. The molecule has 2 amide bonds. The highest BCUT2D eigenvalue weighted by Crippen LogP contribution is 2.54. The average molecular weight is 414 g/mol. The summed E-state index contributed by atoms with van der Waals surface area (Å²) >= 11 is 0. The molecule has 2 unspecified atom stereocenters. The van der Waals surface area contributed by atoms with Gasteiger partial charge in [0.1, 0.15) is 0 Å². The first-order chi connectivity index (χ1) is 13.6. The molecule has 1 aromatic rings. The number of carbonyl (C=O) groups is 2. The van der Waals surface area contributed by atoms with E-state index in [0.717, 1.165) is 12.1 Å². The van der Waals surface area contributed by atoms with Crippen LogP contribution < -0.4 is 16.4 Å². The number of methoxy groups -OCH3 is 1. The summed E-state index contributed by atoms with van der Waals surface area (Å²) in [6, 6.07) is 4.52. The van der Waals surface area contributed by atoms with Crippen molar-refractivity contribution >= 4 is 17.5 Å². The molecule has 0 aromatic heterocycles. The van der Waals surface area contributed by atoms with E-state index in [2.05, 4.69) is 15.5 Å². The average Bonchev–Trinajstić information content (AvgIpc) is 3.05. The maximum Gasteiger partial charge on any atom is 0.416 e. The van der Waals surface area contributed by atoms with E-state index in [-0.39, 0.29) is 36.0 Å². The fourth-order valence-corrected chi connectivity index (χ4v) is 4.07. The molecule has 29 heavy (non-hydrogen) atoms. The molecule has 2 aliphatic rings. The van der Waals surface area contributed by atoms with Crippen LogP contribution in [0, 0.1) is 11.8 Å². The normalized spacial score (nSPS) is 27.2.